The lowest BCUT2D eigenvalue weighted by Crippen LogP contribution is -2.48. The molecule has 1 fully saturated rings. The van der Waals surface area contributed by atoms with Gasteiger partial charge in [0.25, 0.3) is 0 Å². The molecule has 0 spiro atoms. The van der Waals surface area contributed by atoms with Gasteiger partial charge in [-0.05, 0) is 33.2 Å². The summed E-state index contributed by atoms with van der Waals surface area (Å²) in [6.07, 6.45) is -2.38. The summed E-state index contributed by atoms with van der Waals surface area (Å²) < 4.78 is 37.6. The van der Waals surface area contributed by atoms with Crippen LogP contribution in [0.1, 0.15) is 26.7 Å². The molecule has 1 rings (SSSR count). The minimum atomic E-state index is -4.21. The molecule has 1 saturated heterocycles. The Balaban J connectivity index is 2.50. The lowest BCUT2D eigenvalue weighted by atomic mass is 10.2. The van der Waals surface area contributed by atoms with Crippen molar-refractivity contribution in [3.8, 4) is 0 Å². The van der Waals surface area contributed by atoms with E-state index in [1.54, 1.807) is 13.8 Å². The van der Waals surface area contributed by atoms with Crippen LogP contribution in [0.25, 0.3) is 0 Å². The van der Waals surface area contributed by atoms with Gasteiger partial charge < -0.3 is 5.32 Å². The van der Waals surface area contributed by atoms with E-state index in [-0.39, 0.29) is 12.6 Å². The second-order valence-electron chi connectivity index (χ2n) is 4.01. The van der Waals surface area contributed by atoms with Crippen molar-refractivity contribution in [2.24, 2.45) is 0 Å². The van der Waals surface area contributed by atoms with Crippen LogP contribution in [0.15, 0.2) is 0 Å². The number of nitrogens with one attached hydrogen (secondary N) is 1. The van der Waals surface area contributed by atoms with Crippen LogP contribution in [0.2, 0.25) is 0 Å². The lowest BCUT2D eigenvalue weighted by molar-refractivity contribution is -0.256. The summed E-state index contributed by atoms with van der Waals surface area (Å²) in [5, 5.41) is 3.07. The normalized spacial score (nSPS) is 23.8. The molecule has 1 atom stereocenters. The van der Waals surface area contributed by atoms with E-state index in [2.05, 4.69) is 5.32 Å². The van der Waals surface area contributed by atoms with Crippen LogP contribution in [0.3, 0.4) is 0 Å². The van der Waals surface area contributed by atoms with Gasteiger partial charge in [0.15, 0.2) is 0 Å². The van der Waals surface area contributed by atoms with E-state index >= 15 is 0 Å². The van der Waals surface area contributed by atoms with Gasteiger partial charge in [-0.1, -0.05) is 0 Å². The first kappa shape index (κ1) is 11.8. The highest BCUT2D eigenvalue weighted by atomic mass is 19.4. The van der Waals surface area contributed by atoms with Crippen molar-refractivity contribution in [3.63, 3.8) is 0 Å². The third-order valence-electron chi connectivity index (χ3n) is 2.53. The molecule has 84 valence electrons. The molecule has 0 aromatic heterocycles. The first-order valence-electron chi connectivity index (χ1n) is 4.98. The van der Waals surface area contributed by atoms with Gasteiger partial charge in [0.05, 0.1) is 0 Å². The second kappa shape index (κ2) is 4.49. The van der Waals surface area contributed by atoms with Gasteiger partial charge in [-0.25, -0.2) is 4.90 Å². The van der Waals surface area contributed by atoms with E-state index in [0.29, 0.717) is 4.90 Å². The first-order valence-corrected chi connectivity index (χ1v) is 4.98. The molecule has 1 heterocycles. The third kappa shape index (κ3) is 3.13. The zero-order valence-electron chi connectivity index (χ0n) is 8.56. The van der Waals surface area contributed by atoms with Crippen LogP contribution in [0, 0.1) is 0 Å². The van der Waals surface area contributed by atoms with Crippen LogP contribution in [0.5, 0.6) is 0 Å². The molecule has 0 aromatic rings. The maximum Gasteiger partial charge on any atom is 0.460 e. The summed E-state index contributed by atoms with van der Waals surface area (Å²) in [5.41, 5.74) is 0. The van der Waals surface area contributed by atoms with Crippen LogP contribution in [0.4, 0.5) is 13.2 Å². The fraction of sp³-hybridized carbons (Fsp3) is 1.00. The molecular formula is C9H17F3N2. The van der Waals surface area contributed by atoms with Crippen LogP contribution >= 0.6 is 0 Å². The van der Waals surface area contributed by atoms with Gasteiger partial charge in [0.1, 0.15) is 0 Å². The van der Waals surface area contributed by atoms with Gasteiger partial charge in [0, 0.05) is 18.6 Å². The molecular weight excluding hydrogens is 193 g/mol. The summed E-state index contributed by atoms with van der Waals surface area (Å²) in [6, 6.07) is -0.489. The second-order valence-corrected chi connectivity index (χ2v) is 4.01. The lowest BCUT2D eigenvalue weighted by Gasteiger charge is -2.30. The largest absolute Gasteiger partial charge is 0.460 e. The SMILES string of the molecule is CC(C)N(CC1CCCN1)C(F)(F)F. The molecule has 0 bridgehead atoms. The molecule has 1 aliphatic heterocycles. The van der Waals surface area contributed by atoms with E-state index in [1.807, 2.05) is 0 Å². The highest BCUT2D eigenvalue weighted by molar-refractivity contribution is 4.80. The molecule has 2 nitrogen and oxygen atoms in total. The molecule has 1 N–H and O–H groups in total. The zero-order valence-corrected chi connectivity index (χ0v) is 8.56. The minimum Gasteiger partial charge on any atom is -0.313 e. The van der Waals surface area contributed by atoms with E-state index in [1.165, 1.54) is 0 Å². The summed E-state index contributed by atoms with van der Waals surface area (Å²) >= 11 is 0. The summed E-state index contributed by atoms with van der Waals surface area (Å²) in [7, 11) is 0. The third-order valence-corrected chi connectivity index (χ3v) is 2.53. The predicted octanol–water partition coefficient (Wildman–Crippen LogP) is 1.97. The van der Waals surface area contributed by atoms with E-state index in [9.17, 15) is 13.2 Å². The van der Waals surface area contributed by atoms with Gasteiger partial charge >= 0.3 is 6.30 Å². The van der Waals surface area contributed by atoms with E-state index in [0.717, 1.165) is 19.4 Å². The highest BCUT2D eigenvalue weighted by Gasteiger charge is 2.40. The van der Waals surface area contributed by atoms with Crippen LogP contribution in [-0.2, 0) is 0 Å². The van der Waals surface area contributed by atoms with Gasteiger partial charge in [-0.3, -0.25) is 0 Å². The van der Waals surface area contributed by atoms with Crippen molar-refractivity contribution in [1.29, 1.82) is 0 Å². The molecule has 0 radical (unpaired) electrons. The maximum atomic E-state index is 12.5. The van der Waals surface area contributed by atoms with Gasteiger partial charge in [0.2, 0.25) is 0 Å². The van der Waals surface area contributed by atoms with Crippen LogP contribution in [-0.4, -0.2) is 36.4 Å². The number of alkyl halides is 3. The fourth-order valence-corrected chi connectivity index (χ4v) is 1.76. The Kier molecular flexibility index (Phi) is 3.78. The van der Waals surface area contributed by atoms with E-state index < -0.39 is 12.3 Å². The van der Waals surface area contributed by atoms with Gasteiger partial charge in [-0.2, -0.15) is 13.2 Å². The molecule has 0 saturated carbocycles. The molecule has 0 aliphatic carbocycles. The zero-order chi connectivity index (χ0) is 10.8. The predicted molar refractivity (Wildman–Crippen MR) is 48.9 cm³/mol. The highest BCUT2D eigenvalue weighted by Crippen LogP contribution is 2.24. The number of hydrogen-bond donors (Lipinski definition) is 1. The summed E-state index contributed by atoms with van der Waals surface area (Å²) in [5.74, 6) is 0. The fourth-order valence-electron chi connectivity index (χ4n) is 1.76. The smallest absolute Gasteiger partial charge is 0.313 e. The van der Waals surface area contributed by atoms with Gasteiger partial charge in [-0.15, -0.1) is 0 Å². The van der Waals surface area contributed by atoms with Crippen molar-refractivity contribution in [2.75, 3.05) is 13.1 Å². The molecule has 1 unspecified atom stereocenters. The monoisotopic (exact) mass is 210 g/mol. The van der Waals surface area contributed by atoms with Crippen molar-refractivity contribution in [2.45, 2.75) is 45.1 Å². The first-order chi connectivity index (χ1) is 6.41. The van der Waals surface area contributed by atoms with Crippen LogP contribution < -0.4 is 5.32 Å². The molecule has 0 amide bonds. The Labute approximate surface area is 82.5 Å². The Bertz CT molecular complexity index is 173. The Morgan fingerprint density at radius 1 is 1.43 bits per heavy atom. The molecule has 5 heteroatoms. The topological polar surface area (TPSA) is 15.3 Å². The summed E-state index contributed by atoms with van der Waals surface area (Å²) in [6.45, 7) is 4.06. The number of halogens is 3. The van der Waals surface area contributed by atoms with E-state index in [4.69, 9.17) is 0 Å². The molecule has 0 aromatic carbocycles. The Morgan fingerprint density at radius 3 is 2.43 bits per heavy atom. The minimum absolute atomic E-state index is 0.000903. The standard InChI is InChI=1S/C9H17F3N2/c1-7(2)14(9(10,11)12)6-8-4-3-5-13-8/h7-8,13H,3-6H2,1-2H3. The average molecular weight is 210 g/mol. The maximum absolute atomic E-state index is 12.5. The number of rotatable bonds is 3. The van der Waals surface area contributed by atoms with Crippen molar-refractivity contribution >= 4 is 0 Å². The molecule has 14 heavy (non-hydrogen) atoms. The number of nitrogens with zero attached hydrogens (tertiary/aromatic N) is 1. The van der Waals surface area contributed by atoms with Crippen molar-refractivity contribution < 1.29 is 13.2 Å². The molecule has 1 aliphatic rings. The van der Waals surface area contributed by atoms with Crippen molar-refractivity contribution in [1.82, 2.24) is 10.2 Å². The number of hydrogen-bond acceptors (Lipinski definition) is 2. The average Bonchev–Trinajstić information content (AvgIpc) is 2.48. The van der Waals surface area contributed by atoms with Crippen molar-refractivity contribution in [3.05, 3.63) is 0 Å². The summed E-state index contributed by atoms with van der Waals surface area (Å²) in [4.78, 5) is 0.593. The Morgan fingerprint density at radius 2 is 2.07 bits per heavy atom. The quantitative estimate of drug-likeness (QED) is 0.716. The Hall–Kier alpha value is -0.290.